The average Bonchev–Trinajstić information content (AvgIpc) is 2.62. The Morgan fingerprint density at radius 2 is 2.00 bits per heavy atom. The number of rotatable bonds is 3. The maximum atomic E-state index is 13.5. The van der Waals surface area contributed by atoms with Gasteiger partial charge in [0, 0.05) is 19.7 Å². The summed E-state index contributed by atoms with van der Waals surface area (Å²) in [5, 5.41) is 0.573. The maximum Gasteiger partial charge on any atom is 0.332 e. The Balaban J connectivity index is 2.41. The number of terminal acetylenes is 1. The molecule has 0 amide bonds. The van der Waals surface area contributed by atoms with Gasteiger partial charge in [0.1, 0.15) is 16.2 Å². The van der Waals surface area contributed by atoms with E-state index in [0.717, 1.165) is 4.57 Å². The Labute approximate surface area is 146 Å². The van der Waals surface area contributed by atoms with Crippen LogP contribution in [-0.4, -0.2) is 24.9 Å². The third-order valence-corrected chi connectivity index (χ3v) is 4.52. The van der Waals surface area contributed by atoms with Gasteiger partial charge >= 0.3 is 5.69 Å². The lowest BCUT2D eigenvalue weighted by Crippen LogP contribution is -2.37. The quantitative estimate of drug-likeness (QED) is 0.405. The van der Waals surface area contributed by atoms with Crippen LogP contribution in [0.1, 0.15) is 0 Å². The van der Waals surface area contributed by atoms with E-state index in [2.05, 4.69) is 15.9 Å². The first-order chi connectivity index (χ1) is 11.9. The van der Waals surface area contributed by atoms with Crippen LogP contribution in [0.25, 0.3) is 22.4 Å². The second kappa shape index (κ2) is 6.53. The molecule has 0 atom stereocenters. The molecule has 0 N–H and O–H groups in total. The van der Waals surface area contributed by atoms with Gasteiger partial charge in [-0.3, -0.25) is 13.9 Å². The van der Waals surface area contributed by atoms with Crippen LogP contribution in [0.3, 0.4) is 0 Å². The molecular weight excluding hydrogens is 343 g/mol. The summed E-state index contributed by atoms with van der Waals surface area (Å²) in [7, 11) is 2.91. The van der Waals surface area contributed by atoms with Gasteiger partial charge in [-0.1, -0.05) is 29.8 Å². The van der Waals surface area contributed by atoms with Gasteiger partial charge in [-0.2, -0.15) is 0 Å². The van der Waals surface area contributed by atoms with Crippen LogP contribution in [0.4, 0.5) is 4.39 Å². The van der Waals surface area contributed by atoms with E-state index in [4.69, 9.17) is 6.42 Å². The predicted molar refractivity (Wildman–Crippen MR) is 95.0 cm³/mol. The molecule has 0 aliphatic carbocycles. The van der Waals surface area contributed by atoms with E-state index in [0.29, 0.717) is 16.3 Å². The van der Waals surface area contributed by atoms with Gasteiger partial charge in [-0.05, 0) is 12.1 Å². The van der Waals surface area contributed by atoms with Crippen molar-refractivity contribution in [2.24, 2.45) is 14.1 Å². The molecule has 0 spiro atoms. The summed E-state index contributed by atoms with van der Waals surface area (Å²) in [5.41, 5.74) is -0.378. The molecule has 0 unspecified atom stereocenters. The smallest absolute Gasteiger partial charge is 0.280 e. The molecule has 0 radical (unpaired) electrons. The van der Waals surface area contributed by atoms with Crippen molar-refractivity contribution in [2.45, 2.75) is 5.03 Å². The SMILES string of the molecule is C#CCSc1nc(-c2cccc(F)c2)nc2c1c(=O)n(C)c(=O)n2C. The standard InChI is InChI=1S/C17H13FN4O2S/c1-4-8-25-15-12-14(21(2)17(24)22(3)16(12)23)19-13(20-15)10-6-5-7-11(18)9-10/h1,5-7,9H,8H2,2-3H3. The van der Waals surface area contributed by atoms with Crippen molar-refractivity contribution in [3.05, 3.63) is 50.9 Å². The zero-order valence-electron chi connectivity index (χ0n) is 13.5. The summed E-state index contributed by atoms with van der Waals surface area (Å²) in [6, 6.07) is 5.79. The first kappa shape index (κ1) is 16.9. The Morgan fingerprint density at radius 1 is 1.24 bits per heavy atom. The maximum absolute atomic E-state index is 13.5. The number of aromatic nitrogens is 4. The molecule has 0 saturated heterocycles. The highest BCUT2D eigenvalue weighted by Crippen LogP contribution is 2.26. The van der Waals surface area contributed by atoms with Crippen LogP contribution in [0.2, 0.25) is 0 Å². The van der Waals surface area contributed by atoms with Crippen molar-refractivity contribution in [2.75, 3.05) is 5.75 Å². The van der Waals surface area contributed by atoms with E-state index in [1.165, 1.54) is 48.6 Å². The number of halogens is 1. The fraction of sp³-hybridized carbons (Fsp3) is 0.176. The summed E-state index contributed by atoms with van der Waals surface area (Å²) in [4.78, 5) is 33.4. The minimum atomic E-state index is -0.505. The predicted octanol–water partition coefficient (Wildman–Crippen LogP) is 1.56. The molecule has 2 heterocycles. The number of hydrogen-bond acceptors (Lipinski definition) is 5. The second-order valence-electron chi connectivity index (χ2n) is 5.26. The topological polar surface area (TPSA) is 69.8 Å². The summed E-state index contributed by atoms with van der Waals surface area (Å²) in [6.07, 6.45) is 5.31. The van der Waals surface area contributed by atoms with Crippen LogP contribution in [0.5, 0.6) is 0 Å². The summed E-state index contributed by atoms with van der Waals surface area (Å²) in [5.74, 6) is 2.55. The van der Waals surface area contributed by atoms with E-state index >= 15 is 0 Å². The first-order valence-electron chi connectivity index (χ1n) is 7.24. The summed E-state index contributed by atoms with van der Waals surface area (Å²) in [6.45, 7) is 0. The summed E-state index contributed by atoms with van der Waals surface area (Å²) < 4.78 is 15.8. The average molecular weight is 356 g/mol. The Kier molecular flexibility index (Phi) is 4.42. The van der Waals surface area contributed by atoms with Gasteiger partial charge in [0.15, 0.2) is 11.5 Å². The highest BCUT2D eigenvalue weighted by atomic mass is 32.2. The Hall–Kier alpha value is -2.92. The van der Waals surface area contributed by atoms with Crippen molar-refractivity contribution < 1.29 is 4.39 Å². The first-order valence-corrected chi connectivity index (χ1v) is 8.22. The number of hydrogen-bond donors (Lipinski definition) is 0. The Bertz CT molecular complexity index is 1140. The zero-order chi connectivity index (χ0) is 18.1. The fourth-order valence-corrected chi connectivity index (χ4v) is 3.09. The molecule has 0 bridgehead atoms. The molecule has 0 fully saturated rings. The van der Waals surface area contributed by atoms with Crippen LogP contribution < -0.4 is 11.2 Å². The lowest BCUT2D eigenvalue weighted by atomic mass is 10.2. The zero-order valence-corrected chi connectivity index (χ0v) is 14.3. The number of thioether (sulfide) groups is 1. The van der Waals surface area contributed by atoms with Crippen molar-refractivity contribution in [1.82, 2.24) is 19.1 Å². The van der Waals surface area contributed by atoms with Crippen LogP contribution in [0.15, 0.2) is 38.9 Å². The number of aryl methyl sites for hydroxylation is 1. The lowest BCUT2D eigenvalue weighted by Gasteiger charge is -2.11. The molecule has 1 aromatic carbocycles. The molecule has 3 rings (SSSR count). The molecule has 0 aliphatic heterocycles. The van der Waals surface area contributed by atoms with E-state index < -0.39 is 17.1 Å². The van der Waals surface area contributed by atoms with Crippen LogP contribution >= 0.6 is 11.8 Å². The minimum Gasteiger partial charge on any atom is -0.280 e. The molecule has 6 nitrogen and oxygen atoms in total. The van der Waals surface area contributed by atoms with E-state index in [1.807, 2.05) is 0 Å². The van der Waals surface area contributed by atoms with Gasteiger partial charge in [-0.15, -0.1) is 6.42 Å². The van der Waals surface area contributed by atoms with E-state index in [9.17, 15) is 14.0 Å². The highest BCUT2D eigenvalue weighted by molar-refractivity contribution is 7.99. The molecular formula is C17H13FN4O2S. The molecule has 3 aromatic rings. The molecule has 126 valence electrons. The van der Waals surface area contributed by atoms with Crippen molar-refractivity contribution in [3.63, 3.8) is 0 Å². The van der Waals surface area contributed by atoms with Gasteiger partial charge in [-0.25, -0.2) is 19.2 Å². The van der Waals surface area contributed by atoms with Crippen LogP contribution in [-0.2, 0) is 14.1 Å². The van der Waals surface area contributed by atoms with Crippen molar-refractivity contribution in [1.29, 1.82) is 0 Å². The minimum absolute atomic E-state index is 0.182. The number of fused-ring (bicyclic) bond motifs is 1. The van der Waals surface area contributed by atoms with Crippen molar-refractivity contribution >= 4 is 22.8 Å². The third kappa shape index (κ3) is 2.94. The molecule has 2 aromatic heterocycles. The van der Waals surface area contributed by atoms with E-state index in [1.54, 1.807) is 6.07 Å². The number of benzene rings is 1. The van der Waals surface area contributed by atoms with Crippen LogP contribution in [0, 0.1) is 18.2 Å². The summed E-state index contributed by atoms with van der Waals surface area (Å²) >= 11 is 1.19. The van der Waals surface area contributed by atoms with Gasteiger partial charge in [0.25, 0.3) is 5.56 Å². The van der Waals surface area contributed by atoms with Crippen molar-refractivity contribution in [3.8, 4) is 23.7 Å². The normalized spacial score (nSPS) is 10.8. The lowest BCUT2D eigenvalue weighted by molar-refractivity contribution is 0.628. The number of nitrogens with zero attached hydrogens (tertiary/aromatic N) is 4. The highest BCUT2D eigenvalue weighted by Gasteiger charge is 2.18. The molecule has 8 heteroatoms. The Morgan fingerprint density at radius 3 is 2.68 bits per heavy atom. The van der Waals surface area contributed by atoms with Gasteiger partial charge in [0.2, 0.25) is 0 Å². The molecule has 0 saturated carbocycles. The molecule has 25 heavy (non-hydrogen) atoms. The van der Waals surface area contributed by atoms with Gasteiger partial charge < -0.3 is 0 Å². The largest absolute Gasteiger partial charge is 0.332 e. The monoisotopic (exact) mass is 356 g/mol. The van der Waals surface area contributed by atoms with Gasteiger partial charge in [0.05, 0.1) is 5.75 Å². The molecule has 0 aliphatic rings. The van der Waals surface area contributed by atoms with E-state index in [-0.39, 0.29) is 16.9 Å². The fourth-order valence-electron chi connectivity index (χ4n) is 2.40. The second-order valence-corrected chi connectivity index (χ2v) is 6.22. The third-order valence-electron chi connectivity index (χ3n) is 3.64.